The van der Waals surface area contributed by atoms with Crippen molar-refractivity contribution < 1.29 is 0 Å². The highest BCUT2D eigenvalue weighted by Gasteiger charge is 1.95. The topological polar surface area (TPSA) is 38.9 Å². The van der Waals surface area contributed by atoms with E-state index in [0.29, 0.717) is 6.54 Å². The first-order valence-corrected chi connectivity index (χ1v) is 4.43. The van der Waals surface area contributed by atoms with Crippen LogP contribution in [0.25, 0.3) is 10.8 Å². The Morgan fingerprint density at radius 3 is 3.07 bits per heavy atom. The maximum Gasteiger partial charge on any atom is 0.0555 e. The fourth-order valence-electron chi connectivity index (χ4n) is 1.38. The van der Waals surface area contributed by atoms with Gasteiger partial charge in [-0.15, -0.1) is 0 Å². The molecule has 0 aliphatic rings. The van der Waals surface area contributed by atoms with Crippen LogP contribution in [-0.2, 0) is 0 Å². The fourth-order valence-corrected chi connectivity index (χ4v) is 1.38. The summed E-state index contributed by atoms with van der Waals surface area (Å²) in [5.74, 6) is 5.90. The predicted octanol–water partition coefficient (Wildman–Crippen LogP) is 1.54. The molecular weight excluding hydrogens is 172 g/mol. The van der Waals surface area contributed by atoms with Gasteiger partial charge in [0, 0.05) is 28.7 Å². The molecule has 1 aromatic heterocycles. The highest BCUT2D eigenvalue weighted by Crippen LogP contribution is 2.15. The van der Waals surface area contributed by atoms with Crippen molar-refractivity contribution in [1.82, 2.24) is 4.98 Å². The molecule has 2 N–H and O–H groups in total. The van der Waals surface area contributed by atoms with Crippen LogP contribution in [-0.4, -0.2) is 11.5 Å². The van der Waals surface area contributed by atoms with Crippen molar-refractivity contribution in [1.29, 1.82) is 0 Å². The second kappa shape index (κ2) is 3.91. The Bertz CT molecular complexity index is 501. The first-order chi connectivity index (χ1) is 6.92. The number of rotatable bonds is 0. The third-order valence-electron chi connectivity index (χ3n) is 2.01. The third kappa shape index (κ3) is 1.59. The van der Waals surface area contributed by atoms with E-state index >= 15 is 0 Å². The molecule has 1 heterocycles. The van der Waals surface area contributed by atoms with Crippen LogP contribution in [0.4, 0.5) is 0 Å². The quantitative estimate of drug-likeness (QED) is 0.628. The molecule has 2 nitrogen and oxygen atoms in total. The van der Waals surface area contributed by atoms with Gasteiger partial charge < -0.3 is 5.73 Å². The van der Waals surface area contributed by atoms with E-state index in [2.05, 4.69) is 16.8 Å². The monoisotopic (exact) mass is 182 g/mol. The van der Waals surface area contributed by atoms with E-state index in [4.69, 9.17) is 5.73 Å². The molecule has 0 unspecified atom stereocenters. The SMILES string of the molecule is NCC#Cc1cccc2cnccc12. The summed E-state index contributed by atoms with van der Waals surface area (Å²) in [7, 11) is 0. The molecule has 0 bridgehead atoms. The van der Waals surface area contributed by atoms with Gasteiger partial charge in [-0.05, 0) is 12.1 Å². The Morgan fingerprint density at radius 1 is 1.29 bits per heavy atom. The van der Waals surface area contributed by atoms with Crippen LogP contribution in [0, 0.1) is 11.8 Å². The second-order valence-electron chi connectivity index (χ2n) is 2.91. The van der Waals surface area contributed by atoms with Crippen molar-refractivity contribution >= 4 is 10.8 Å². The smallest absolute Gasteiger partial charge is 0.0555 e. The van der Waals surface area contributed by atoms with Gasteiger partial charge in [0.1, 0.15) is 0 Å². The summed E-state index contributed by atoms with van der Waals surface area (Å²) in [6, 6.07) is 7.96. The second-order valence-corrected chi connectivity index (χ2v) is 2.91. The minimum atomic E-state index is 0.390. The molecule has 0 amide bonds. The van der Waals surface area contributed by atoms with E-state index in [1.54, 1.807) is 6.20 Å². The number of pyridine rings is 1. The lowest BCUT2D eigenvalue weighted by Gasteiger charge is -1.98. The number of hydrogen-bond acceptors (Lipinski definition) is 2. The van der Waals surface area contributed by atoms with Crippen molar-refractivity contribution in [2.24, 2.45) is 5.73 Å². The van der Waals surface area contributed by atoms with E-state index in [1.165, 1.54) is 0 Å². The molecule has 0 aliphatic heterocycles. The lowest BCUT2D eigenvalue weighted by atomic mass is 10.1. The Labute approximate surface area is 82.8 Å². The fraction of sp³-hybridized carbons (Fsp3) is 0.0833. The Balaban J connectivity index is 2.65. The Kier molecular flexibility index (Phi) is 2.44. The van der Waals surface area contributed by atoms with Gasteiger partial charge in [-0.1, -0.05) is 24.0 Å². The maximum atomic E-state index is 5.33. The van der Waals surface area contributed by atoms with Gasteiger partial charge in [0.15, 0.2) is 0 Å². The van der Waals surface area contributed by atoms with Crippen LogP contribution < -0.4 is 5.73 Å². The van der Waals surface area contributed by atoms with Gasteiger partial charge in [-0.25, -0.2) is 0 Å². The number of fused-ring (bicyclic) bond motifs is 1. The molecule has 0 radical (unpaired) electrons. The summed E-state index contributed by atoms with van der Waals surface area (Å²) < 4.78 is 0. The van der Waals surface area contributed by atoms with Crippen LogP contribution in [0.2, 0.25) is 0 Å². The lowest BCUT2D eigenvalue weighted by molar-refractivity contribution is 1.30. The number of aromatic nitrogens is 1. The van der Waals surface area contributed by atoms with Crippen molar-refractivity contribution in [3.63, 3.8) is 0 Å². The summed E-state index contributed by atoms with van der Waals surface area (Å²) in [5, 5.41) is 2.24. The van der Waals surface area contributed by atoms with Crippen LogP contribution >= 0.6 is 0 Å². The van der Waals surface area contributed by atoms with Crippen molar-refractivity contribution in [3.8, 4) is 11.8 Å². The lowest BCUT2D eigenvalue weighted by Crippen LogP contribution is -1.93. The van der Waals surface area contributed by atoms with Gasteiger partial charge in [-0.3, -0.25) is 4.98 Å². The zero-order chi connectivity index (χ0) is 9.80. The molecule has 0 fully saturated rings. The Hall–Kier alpha value is -1.85. The number of nitrogens with zero attached hydrogens (tertiary/aromatic N) is 1. The van der Waals surface area contributed by atoms with Crippen LogP contribution in [0.3, 0.4) is 0 Å². The van der Waals surface area contributed by atoms with Crippen molar-refractivity contribution in [2.45, 2.75) is 0 Å². The van der Waals surface area contributed by atoms with Crippen molar-refractivity contribution in [3.05, 3.63) is 42.2 Å². The number of nitrogens with two attached hydrogens (primary N) is 1. The first-order valence-electron chi connectivity index (χ1n) is 4.43. The summed E-state index contributed by atoms with van der Waals surface area (Å²) in [5.41, 5.74) is 6.34. The molecule has 0 aliphatic carbocycles. The normalized spacial score (nSPS) is 9.50. The average molecular weight is 182 g/mol. The zero-order valence-corrected chi connectivity index (χ0v) is 7.70. The van der Waals surface area contributed by atoms with Crippen molar-refractivity contribution in [2.75, 3.05) is 6.54 Å². The van der Waals surface area contributed by atoms with Crippen LogP contribution in [0.1, 0.15) is 5.56 Å². The molecule has 0 atom stereocenters. The van der Waals surface area contributed by atoms with Gasteiger partial charge in [0.25, 0.3) is 0 Å². The summed E-state index contributed by atoms with van der Waals surface area (Å²) in [6.45, 7) is 0.390. The number of benzene rings is 1. The van der Waals surface area contributed by atoms with Gasteiger partial charge in [0.2, 0.25) is 0 Å². The molecule has 1 aromatic carbocycles. The van der Waals surface area contributed by atoms with E-state index in [0.717, 1.165) is 16.3 Å². The highest BCUT2D eigenvalue weighted by atomic mass is 14.6. The van der Waals surface area contributed by atoms with E-state index in [9.17, 15) is 0 Å². The third-order valence-corrected chi connectivity index (χ3v) is 2.01. The van der Waals surface area contributed by atoms with Gasteiger partial charge >= 0.3 is 0 Å². The molecule has 0 saturated carbocycles. The Morgan fingerprint density at radius 2 is 2.21 bits per heavy atom. The summed E-state index contributed by atoms with van der Waals surface area (Å²) >= 11 is 0. The van der Waals surface area contributed by atoms with Crippen LogP contribution in [0.5, 0.6) is 0 Å². The molecule has 2 rings (SSSR count). The first kappa shape index (κ1) is 8.74. The molecule has 2 aromatic rings. The zero-order valence-electron chi connectivity index (χ0n) is 7.70. The molecule has 0 spiro atoms. The average Bonchev–Trinajstić information content (AvgIpc) is 2.26. The van der Waals surface area contributed by atoms with Crippen LogP contribution in [0.15, 0.2) is 36.7 Å². The summed E-state index contributed by atoms with van der Waals surface area (Å²) in [4.78, 5) is 4.06. The summed E-state index contributed by atoms with van der Waals surface area (Å²) in [6.07, 6.45) is 3.61. The molecule has 68 valence electrons. The number of hydrogen-bond donors (Lipinski definition) is 1. The molecule has 0 saturated heterocycles. The minimum Gasteiger partial charge on any atom is -0.320 e. The van der Waals surface area contributed by atoms with E-state index < -0.39 is 0 Å². The molecular formula is C12H10N2. The largest absolute Gasteiger partial charge is 0.320 e. The highest BCUT2D eigenvalue weighted by molar-refractivity contribution is 5.87. The standard InChI is InChI=1S/C12H10N2/c13-7-2-5-10-3-1-4-11-9-14-8-6-12(10)11/h1,3-4,6,8-9H,7,13H2. The van der Waals surface area contributed by atoms with Gasteiger partial charge in [-0.2, -0.15) is 0 Å². The van der Waals surface area contributed by atoms with E-state index in [1.807, 2.05) is 30.5 Å². The minimum absolute atomic E-state index is 0.390. The van der Waals surface area contributed by atoms with Gasteiger partial charge in [0.05, 0.1) is 6.54 Å². The molecule has 2 heteroatoms. The maximum absolute atomic E-state index is 5.33. The molecule has 14 heavy (non-hydrogen) atoms. The van der Waals surface area contributed by atoms with E-state index in [-0.39, 0.29) is 0 Å². The predicted molar refractivity (Wildman–Crippen MR) is 57.7 cm³/mol.